The van der Waals surface area contributed by atoms with Crippen LogP contribution in [0.5, 0.6) is 0 Å². The van der Waals surface area contributed by atoms with Crippen LogP contribution in [-0.2, 0) is 14.3 Å². The molecule has 0 unspecified atom stereocenters. The number of hydrogen-bond donors (Lipinski definition) is 0. The van der Waals surface area contributed by atoms with Crippen molar-refractivity contribution in [3.63, 3.8) is 0 Å². The monoisotopic (exact) mass is 356 g/mol. The van der Waals surface area contributed by atoms with Gasteiger partial charge in [0.05, 0.1) is 5.69 Å². The summed E-state index contributed by atoms with van der Waals surface area (Å²) in [6.07, 6.45) is 4.79. The first-order valence-corrected chi connectivity index (χ1v) is 9.25. The van der Waals surface area contributed by atoms with E-state index in [1.54, 1.807) is 0 Å². The Balaban J connectivity index is 1.64. The molecule has 2 aliphatic rings. The summed E-state index contributed by atoms with van der Waals surface area (Å²) in [6, 6.07) is 9.70. The van der Waals surface area contributed by atoms with Crippen molar-refractivity contribution in [1.82, 2.24) is 0 Å². The molecule has 0 aromatic heterocycles. The van der Waals surface area contributed by atoms with E-state index >= 15 is 0 Å². The molecule has 0 radical (unpaired) electrons. The topological polar surface area (TPSA) is 70.4 Å². The number of carbonyl (C=O) groups is 2. The van der Waals surface area contributed by atoms with Crippen LogP contribution in [0.1, 0.15) is 32.1 Å². The van der Waals surface area contributed by atoms with Crippen LogP contribution in [0.3, 0.4) is 0 Å². The average Bonchev–Trinajstić information content (AvgIpc) is 3.23. The molecule has 1 saturated carbocycles. The number of thioether (sulfide) groups is 1. The molecule has 0 atom stereocenters. The first-order valence-electron chi connectivity index (χ1n) is 8.44. The summed E-state index contributed by atoms with van der Waals surface area (Å²) in [5.74, 6) is -0.426. The summed E-state index contributed by atoms with van der Waals surface area (Å²) in [4.78, 5) is 27.1. The van der Waals surface area contributed by atoms with Crippen LogP contribution in [-0.4, -0.2) is 25.4 Å². The van der Waals surface area contributed by atoms with E-state index in [1.165, 1.54) is 11.8 Å². The molecule has 3 rings (SSSR count). The summed E-state index contributed by atoms with van der Waals surface area (Å²) in [5.41, 5.74) is 0.999. The Kier molecular flexibility index (Phi) is 5.44. The molecule has 130 valence electrons. The molecule has 0 saturated heterocycles. The summed E-state index contributed by atoms with van der Waals surface area (Å²) in [6.45, 7) is -0.372. The molecule has 1 aromatic carbocycles. The Labute approximate surface area is 151 Å². The van der Waals surface area contributed by atoms with Gasteiger partial charge in [-0.2, -0.15) is 5.26 Å². The number of benzene rings is 1. The maximum absolute atomic E-state index is 12.4. The third-order valence-corrected chi connectivity index (χ3v) is 5.87. The Bertz CT molecular complexity index is 760. The molecule has 0 spiro atoms. The van der Waals surface area contributed by atoms with Crippen molar-refractivity contribution in [2.75, 3.05) is 18.6 Å². The fraction of sp³-hybridized carbons (Fsp3) is 0.421. The number of ether oxygens (including phenoxy) is 1. The molecule has 6 heteroatoms. The van der Waals surface area contributed by atoms with E-state index in [-0.39, 0.29) is 18.1 Å². The molecule has 1 heterocycles. The molecule has 1 fully saturated rings. The highest BCUT2D eigenvalue weighted by Crippen LogP contribution is 2.46. The van der Waals surface area contributed by atoms with Gasteiger partial charge in [0.2, 0.25) is 5.78 Å². The van der Waals surface area contributed by atoms with Crippen LogP contribution < -0.4 is 4.90 Å². The van der Waals surface area contributed by atoms with Crippen molar-refractivity contribution in [2.24, 2.45) is 5.92 Å². The van der Waals surface area contributed by atoms with E-state index in [2.05, 4.69) is 0 Å². The van der Waals surface area contributed by atoms with Crippen LogP contribution in [0.15, 0.2) is 39.8 Å². The second-order valence-electron chi connectivity index (χ2n) is 6.36. The number of nitrogens with zero attached hydrogens (tertiary/aromatic N) is 2. The number of carbonyl (C=O) groups excluding carboxylic acids is 2. The highest BCUT2D eigenvalue weighted by molar-refractivity contribution is 8.03. The number of fused-ring (bicyclic) bond motifs is 1. The smallest absolute Gasteiger partial charge is 0.306 e. The molecule has 5 nitrogen and oxygen atoms in total. The Morgan fingerprint density at radius 3 is 2.72 bits per heavy atom. The van der Waals surface area contributed by atoms with Gasteiger partial charge in [-0.1, -0.05) is 36.7 Å². The van der Waals surface area contributed by atoms with Gasteiger partial charge in [0.1, 0.15) is 16.7 Å². The van der Waals surface area contributed by atoms with Gasteiger partial charge < -0.3 is 9.64 Å². The lowest BCUT2D eigenvalue weighted by Gasteiger charge is -2.15. The van der Waals surface area contributed by atoms with E-state index in [0.717, 1.165) is 36.3 Å². The molecule has 1 aliphatic heterocycles. The number of para-hydroxylation sites is 1. The zero-order valence-corrected chi connectivity index (χ0v) is 15.0. The van der Waals surface area contributed by atoms with Gasteiger partial charge in [-0.3, -0.25) is 9.59 Å². The van der Waals surface area contributed by atoms with Gasteiger partial charge in [0.25, 0.3) is 0 Å². The average molecular weight is 356 g/mol. The summed E-state index contributed by atoms with van der Waals surface area (Å²) in [5, 5.41) is 10.0. The number of rotatable bonds is 5. The van der Waals surface area contributed by atoms with Crippen LogP contribution in [0.2, 0.25) is 0 Å². The fourth-order valence-corrected chi connectivity index (χ4v) is 4.44. The molecule has 0 amide bonds. The van der Waals surface area contributed by atoms with Gasteiger partial charge in [0.15, 0.2) is 6.61 Å². The number of hydrogen-bond acceptors (Lipinski definition) is 6. The number of Topliss-reactive ketones (excluding diaryl/α,β-unsaturated/α-hetero) is 1. The largest absolute Gasteiger partial charge is 0.457 e. The van der Waals surface area contributed by atoms with Gasteiger partial charge in [0, 0.05) is 18.4 Å². The highest BCUT2D eigenvalue weighted by Gasteiger charge is 2.28. The van der Waals surface area contributed by atoms with Gasteiger partial charge in [-0.05, 0) is 30.9 Å². The zero-order chi connectivity index (χ0) is 17.8. The summed E-state index contributed by atoms with van der Waals surface area (Å²) in [7, 11) is 1.82. The van der Waals surface area contributed by atoms with E-state index in [0.29, 0.717) is 17.4 Å². The Morgan fingerprint density at radius 1 is 1.32 bits per heavy atom. The van der Waals surface area contributed by atoms with E-state index in [4.69, 9.17) is 4.74 Å². The van der Waals surface area contributed by atoms with Crippen molar-refractivity contribution in [3.05, 3.63) is 34.9 Å². The van der Waals surface area contributed by atoms with Crippen LogP contribution in [0, 0.1) is 17.2 Å². The van der Waals surface area contributed by atoms with Crippen molar-refractivity contribution >= 4 is 29.2 Å². The second kappa shape index (κ2) is 7.75. The molecule has 0 N–H and O–H groups in total. The number of ketones is 1. The first-order chi connectivity index (χ1) is 12.1. The molecule has 25 heavy (non-hydrogen) atoms. The van der Waals surface area contributed by atoms with E-state index < -0.39 is 5.78 Å². The lowest BCUT2D eigenvalue weighted by Crippen LogP contribution is -2.20. The molecule has 1 aliphatic carbocycles. The summed E-state index contributed by atoms with van der Waals surface area (Å²) < 4.78 is 5.12. The maximum atomic E-state index is 12.4. The standard InChI is InChI=1S/C19H20N2O3S/c1-21-15-8-4-5-9-17(15)25-19(21)14(11-20)16(22)12-24-18(23)10-13-6-2-3-7-13/h4-5,8-9,13H,2-3,6-7,10,12H2,1H3. The molecule has 0 bridgehead atoms. The van der Waals surface area contributed by atoms with E-state index in [9.17, 15) is 14.9 Å². The Morgan fingerprint density at radius 2 is 2.04 bits per heavy atom. The minimum absolute atomic E-state index is 0.0392. The minimum atomic E-state index is -0.454. The third kappa shape index (κ3) is 3.88. The zero-order valence-electron chi connectivity index (χ0n) is 14.2. The van der Waals surface area contributed by atoms with Gasteiger partial charge in [-0.25, -0.2) is 0 Å². The minimum Gasteiger partial charge on any atom is -0.457 e. The number of anilines is 1. The predicted octanol–water partition coefficient (Wildman–Crippen LogP) is 3.66. The number of esters is 1. The number of nitriles is 1. The maximum Gasteiger partial charge on any atom is 0.306 e. The van der Waals surface area contributed by atoms with Gasteiger partial charge >= 0.3 is 5.97 Å². The van der Waals surface area contributed by atoms with Crippen molar-refractivity contribution in [2.45, 2.75) is 37.0 Å². The lowest BCUT2D eigenvalue weighted by atomic mass is 10.0. The van der Waals surface area contributed by atoms with Crippen molar-refractivity contribution in [1.29, 1.82) is 5.26 Å². The quantitative estimate of drug-likeness (QED) is 0.455. The van der Waals surface area contributed by atoms with Crippen LogP contribution in [0.4, 0.5) is 5.69 Å². The van der Waals surface area contributed by atoms with E-state index in [1.807, 2.05) is 42.3 Å². The van der Waals surface area contributed by atoms with Crippen LogP contribution >= 0.6 is 11.8 Å². The molecule has 1 aromatic rings. The lowest BCUT2D eigenvalue weighted by molar-refractivity contribution is -0.148. The first kappa shape index (κ1) is 17.6. The van der Waals surface area contributed by atoms with Crippen LogP contribution in [0.25, 0.3) is 0 Å². The fourth-order valence-electron chi connectivity index (χ4n) is 3.28. The highest BCUT2D eigenvalue weighted by atomic mass is 32.2. The second-order valence-corrected chi connectivity index (χ2v) is 7.39. The predicted molar refractivity (Wildman–Crippen MR) is 95.9 cm³/mol. The normalized spacial score (nSPS) is 18.6. The van der Waals surface area contributed by atoms with Crippen molar-refractivity contribution < 1.29 is 14.3 Å². The molecular formula is C19H20N2O3S. The summed E-state index contributed by atoms with van der Waals surface area (Å²) >= 11 is 1.39. The molecular weight excluding hydrogens is 336 g/mol. The van der Waals surface area contributed by atoms with Crippen molar-refractivity contribution in [3.8, 4) is 6.07 Å². The third-order valence-electron chi connectivity index (χ3n) is 4.64. The SMILES string of the molecule is CN1C(=C(C#N)C(=O)COC(=O)CC2CCCC2)Sc2ccccc21. The Hall–Kier alpha value is -2.26. The van der Waals surface area contributed by atoms with Gasteiger partial charge in [-0.15, -0.1) is 0 Å².